The zero-order valence-electron chi connectivity index (χ0n) is 7.83. The Hall–Kier alpha value is -1.36. The molecule has 0 saturated heterocycles. The Balaban J connectivity index is 4.89. The SMILES string of the molecule is C=N/C=C(\C(C#N)=C/C)C(C)C. The number of hydrogen-bond donors (Lipinski definition) is 0. The van der Waals surface area contributed by atoms with Gasteiger partial charge in [-0.3, -0.25) is 4.99 Å². The molecule has 0 aromatic rings. The fourth-order valence-electron chi connectivity index (χ4n) is 0.924. The highest BCUT2D eigenvalue weighted by Gasteiger charge is 2.07. The van der Waals surface area contributed by atoms with Crippen LogP contribution >= 0.6 is 0 Å². The fourth-order valence-corrected chi connectivity index (χ4v) is 0.924. The predicted molar refractivity (Wildman–Crippen MR) is 51.8 cm³/mol. The largest absolute Gasteiger partial charge is 0.272 e. The normalized spacial score (nSPS) is 12.9. The molecule has 0 radical (unpaired) electrons. The van der Waals surface area contributed by atoms with E-state index in [1.165, 1.54) is 0 Å². The molecule has 0 atom stereocenters. The van der Waals surface area contributed by atoms with Crippen molar-refractivity contribution in [2.45, 2.75) is 20.8 Å². The van der Waals surface area contributed by atoms with Crippen molar-refractivity contribution in [1.29, 1.82) is 5.26 Å². The minimum Gasteiger partial charge on any atom is -0.272 e. The van der Waals surface area contributed by atoms with E-state index in [-0.39, 0.29) is 0 Å². The van der Waals surface area contributed by atoms with Crippen LogP contribution in [0.4, 0.5) is 0 Å². The average Bonchev–Trinajstić information content (AvgIpc) is 2.05. The summed E-state index contributed by atoms with van der Waals surface area (Å²) in [6.07, 6.45) is 3.43. The number of hydrogen-bond acceptors (Lipinski definition) is 2. The third-order valence-electron chi connectivity index (χ3n) is 1.57. The summed E-state index contributed by atoms with van der Waals surface area (Å²) in [7, 11) is 0. The number of rotatable bonds is 3. The van der Waals surface area contributed by atoms with Crippen molar-refractivity contribution in [3.63, 3.8) is 0 Å². The van der Waals surface area contributed by atoms with Gasteiger partial charge in [-0.25, -0.2) is 0 Å². The summed E-state index contributed by atoms with van der Waals surface area (Å²) in [5, 5.41) is 8.75. The molecule has 64 valence electrons. The molecule has 0 bridgehead atoms. The maximum atomic E-state index is 8.75. The number of nitrogens with zero attached hydrogens (tertiary/aromatic N) is 2. The summed E-state index contributed by atoms with van der Waals surface area (Å²) >= 11 is 0. The molecule has 0 heterocycles. The average molecular weight is 162 g/mol. The molecular weight excluding hydrogens is 148 g/mol. The van der Waals surface area contributed by atoms with Crippen molar-refractivity contribution in [2.24, 2.45) is 10.9 Å². The van der Waals surface area contributed by atoms with Crippen LogP contribution in [0, 0.1) is 17.2 Å². The summed E-state index contributed by atoms with van der Waals surface area (Å²) < 4.78 is 0. The first-order valence-corrected chi connectivity index (χ1v) is 3.90. The van der Waals surface area contributed by atoms with Gasteiger partial charge < -0.3 is 0 Å². The molecule has 0 saturated carbocycles. The van der Waals surface area contributed by atoms with Crippen molar-refractivity contribution >= 4 is 6.72 Å². The van der Waals surface area contributed by atoms with E-state index in [0.717, 1.165) is 5.57 Å². The van der Waals surface area contributed by atoms with Crippen molar-refractivity contribution in [3.05, 3.63) is 23.4 Å². The molecule has 0 unspecified atom stereocenters. The van der Waals surface area contributed by atoms with E-state index >= 15 is 0 Å². The van der Waals surface area contributed by atoms with E-state index in [2.05, 4.69) is 17.8 Å². The molecule has 0 fully saturated rings. The lowest BCUT2D eigenvalue weighted by Gasteiger charge is -2.07. The van der Waals surface area contributed by atoms with Crippen molar-refractivity contribution in [3.8, 4) is 6.07 Å². The van der Waals surface area contributed by atoms with Gasteiger partial charge in [0.25, 0.3) is 0 Å². The van der Waals surface area contributed by atoms with Crippen LogP contribution in [0.25, 0.3) is 0 Å². The van der Waals surface area contributed by atoms with E-state index in [1.54, 1.807) is 12.3 Å². The fraction of sp³-hybridized carbons (Fsp3) is 0.400. The van der Waals surface area contributed by atoms with E-state index < -0.39 is 0 Å². The summed E-state index contributed by atoms with van der Waals surface area (Å²) in [5.41, 5.74) is 1.62. The van der Waals surface area contributed by atoms with Crippen molar-refractivity contribution in [1.82, 2.24) is 0 Å². The van der Waals surface area contributed by atoms with Crippen LogP contribution in [0.1, 0.15) is 20.8 Å². The molecule has 0 aliphatic heterocycles. The van der Waals surface area contributed by atoms with Gasteiger partial charge in [0.05, 0.1) is 11.6 Å². The summed E-state index contributed by atoms with van der Waals surface area (Å²) in [4.78, 5) is 3.67. The van der Waals surface area contributed by atoms with Crippen LogP contribution in [0.2, 0.25) is 0 Å². The molecule has 2 nitrogen and oxygen atoms in total. The molecule has 0 aromatic carbocycles. The summed E-state index contributed by atoms with van der Waals surface area (Å²) in [5.74, 6) is 0.307. The van der Waals surface area contributed by atoms with Crippen LogP contribution in [0.5, 0.6) is 0 Å². The zero-order valence-corrected chi connectivity index (χ0v) is 7.83. The molecule has 12 heavy (non-hydrogen) atoms. The molecule has 0 amide bonds. The second kappa shape index (κ2) is 5.31. The smallest absolute Gasteiger partial charge is 0.0991 e. The molecule has 0 aliphatic carbocycles. The Morgan fingerprint density at radius 3 is 2.42 bits per heavy atom. The Morgan fingerprint density at radius 1 is 1.58 bits per heavy atom. The number of aliphatic imine (C=N–C) groups is 1. The van der Waals surface area contributed by atoms with Crippen LogP contribution in [0.15, 0.2) is 28.4 Å². The molecule has 2 heteroatoms. The molecule has 0 spiro atoms. The highest BCUT2D eigenvalue weighted by atomic mass is 14.6. The van der Waals surface area contributed by atoms with Gasteiger partial charge in [-0.15, -0.1) is 0 Å². The highest BCUT2D eigenvalue weighted by molar-refractivity contribution is 5.43. The van der Waals surface area contributed by atoms with Gasteiger partial charge in [0, 0.05) is 6.20 Å². The first-order chi connectivity index (χ1) is 5.67. The lowest BCUT2D eigenvalue weighted by atomic mass is 9.97. The maximum Gasteiger partial charge on any atom is 0.0991 e. The Labute approximate surface area is 73.9 Å². The first kappa shape index (κ1) is 10.6. The summed E-state index contributed by atoms with van der Waals surface area (Å²) in [6.45, 7) is 9.27. The minimum atomic E-state index is 0.307. The molecule has 0 aromatic heterocycles. The second-order valence-electron chi connectivity index (χ2n) is 2.74. The first-order valence-electron chi connectivity index (χ1n) is 3.90. The van der Waals surface area contributed by atoms with E-state index in [1.807, 2.05) is 20.8 Å². The van der Waals surface area contributed by atoms with Crippen molar-refractivity contribution in [2.75, 3.05) is 0 Å². The molecule has 0 N–H and O–H groups in total. The van der Waals surface area contributed by atoms with Crippen LogP contribution in [0.3, 0.4) is 0 Å². The Bertz CT molecular complexity index is 252. The highest BCUT2D eigenvalue weighted by Crippen LogP contribution is 2.18. The Kier molecular flexibility index (Phi) is 4.71. The number of nitriles is 1. The van der Waals surface area contributed by atoms with E-state index in [0.29, 0.717) is 11.5 Å². The van der Waals surface area contributed by atoms with Crippen molar-refractivity contribution < 1.29 is 0 Å². The van der Waals surface area contributed by atoms with E-state index in [9.17, 15) is 0 Å². The molecular formula is C10H14N2. The minimum absolute atomic E-state index is 0.307. The third kappa shape index (κ3) is 2.71. The van der Waals surface area contributed by atoms with Gasteiger partial charge >= 0.3 is 0 Å². The lowest BCUT2D eigenvalue weighted by Crippen LogP contribution is -1.96. The monoisotopic (exact) mass is 162 g/mol. The predicted octanol–water partition coefficient (Wildman–Crippen LogP) is 2.70. The van der Waals surface area contributed by atoms with Crippen LogP contribution in [-0.4, -0.2) is 6.72 Å². The number of allylic oxidation sites excluding steroid dienone is 3. The van der Waals surface area contributed by atoms with Gasteiger partial charge in [0.15, 0.2) is 0 Å². The maximum absolute atomic E-state index is 8.75. The molecule has 0 aliphatic rings. The van der Waals surface area contributed by atoms with Gasteiger partial charge in [-0.1, -0.05) is 19.9 Å². The third-order valence-corrected chi connectivity index (χ3v) is 1.57. The second-order valence-corrected chi connectivity index (χ2v) is 2.74. The van der Waals surface area contributed by atoms with Gasteiger partial charge in [0.2, 0.25) is 0 Å². The molecule has 0 rings (SSSR count). The Morgan fingerprint density at radius 2 is 2.17 bits per heavy atom. The standard InChI is InChI=1S/C10H14N2/c1-5-9(6-11)10(7-12-4)8(2)3/h5,7-8H,4H2,1-3H3/b9-5-,10-7-. The van der Waals surface area contributed by atoms with Crippen LogP contribution in [-0.2, 0) is 0 Å². The zero-order chi connectivity index (χ0) is 9.56. The summed E-state index contributed by atoms with van der Waals surface area (Å²) in [6, 6.07) is 2.12. The lowest BCUT2D eigenvalue weighted by molar-refractivity contribution is 0.780. The quantitative estimate of drug-likeness (QED) is 0.357. The van der Waals surface area contributed by atoms with Gasteiger partial charge in [-0.2, -0.15) is 5.26 Å². The van der Waals surface area contributed by atoms with Gasteiger partial charge in [0.1, 0.15) is 0 Å². The topological polar surface area (TPSA) is 36.1 Å². The van der Waals surface area contributed by atoms with Crippen LogP contribution < -0.4 is 0 Å². The van der Waals surface area contributed by atoms with E-state index in [4.69, 9.17) is 5.26 Å². The van der Waals surface area contributed by atoms with Gasteiger partial charge in [-0.05, 0) is 25.1 Å².